The highest BCUT2D eigenvalue weighted by molar-refractivity contribution is 7.16. The third-order valence-corrected chi connectivity index (χ3v) is 3.65. The number of aromatic amines is 1. The van der Waals surface area contributed by atoms with E-state index in [1.165, 1.54) is 11.3 Å². The van der Waals surface area contributed by atoms with Crippen LogP contribution in [0.15, 0.2) is 21.0 Å². The summed E-state index contributed by atoms with van der Waals surface area (Å²) in [6, 6.07) is 2.19. The molecule has 2 rings (SSSR count). The van der Waals surface area contributed by atoms with Gasteiger partial charge in [-0.2, -0.15) is 0 Å². The van der Waals surface area contributed by atoms with E-state index in [9.17, 15) is 9.59 Å². The summed E-state index contributed by atoms with van der Waals surface area (Å²) >= 11 is 1.43. The van der Waals surface area contributed by atoms with E-state index < -0.39 is 0 Å². The number of nitrogens with zero attached hydrogens (tertiary/aromatic N) is 1. The van der Waals surface area contributed by atoms with Crippen molar-refractivity contribution >= 4 is 21.6 Å². The van der Waals surface area contributed by atoms with Crippen LogP contribution in [0.4, 0.5) is 0 Å². The molecule has 0 aliphatic heterocycles. The number of H-pyrrole nitrogens is 1. The Morgan fingerprint density at radius 3 is 2.94 bits per heavy atom. The van der Waals surface area contributed by atoms with E-state index >= 15 is 0 Å². The second-order valence-corrected chi connectivity index (χ2v) is 5.41. The van der Waals surface area contributed by atoms with Crippen LogP contribution in [-0.4, -0.2) is 22.1 Å². The van der Waals surface area contributed by atoms with E-state index in [1.807, 2.05) is 5.38 Å². The van der Waals surface area contributed by atoms with Crippen LogP contribution in [0.3, 0.4) is 0 Å². The third-order valence-electron chi connectivity index (χ3n) is 2.71. The maximum absolute atomic E-state index is 11.8. The number of hydrogen-bond acceptors (Lipinski definition) is 4. The van der Waals surface area contributed by atoms with Crippen LogP contribution in [-0.2, 0) is 6.54 Å². The average molecular weight is 267 g/mol. The smallest absolute Gasteiger partial charge is 0.314 e. The SMILES string of the molecule is CC(C)NCCCn1c(=O)[nH]c(=O)c2ccsc21. The summed E-state index contributed by atoms with van der Waals surface area (Å²) in [5, 5.41) is 5.73. The van der Waals surface area contributed by atoms with Gasteiger partial charge in [0.15, 0.2) is 0 Å². The summed E-state index contributed by atoms with van der Waals surface area (Å²) in [6.45, 7) is 5.65. The number of aryl methyl sites for hydroxylation is 1. The van der Waals surface area contributed by atoms with Crippen molar-refractivity contribution in [2.45, 2.75) is 32.9 Å². The number of hydrogen-bond donors (Lipinski definition) is 2. The maximum Gasteiger partial charge on any atom is 0.329 e. The fourth-order valence-electron chi connectivity index (χ4n) is 1.84. The minimum absolute atomic E-state index is 0.298. The standard InChI is InChI=1S/C12H17N3O2S/c1-8(2)13-5-3-6-15-11-9(4-7-18-11)10(16)14-12(15)17/h4,7-8,13H,3,5-6H2,1-2H3,(H,14,16,17). The molecule has 0 saturated carbocycles. The third kappa shape index (κ3) is 2.70. The summed E-state index contributed by atoms with van der Waals surface area (Å²) in [6.07, 6.45) is 0.858. The van der Waals surface area contributed by atoms with E-state index in [4.69, 9.17) is 0 Å². The molecular weight excluding hydrogens is 250 g/mol. The molecule has 0 aromatic carbocycles. The Labute approximate surface area is 108 Å². The van der Waals surface area contributed by atoms with Crippen molar-refractivity contribution in [1.82, 2.24) is 14.9 Å². The highest BCUT2D eigenvalue weighted by Gasteiger charge is 2.07. The molecule has 0 fully saturated rings. The summed E-state index contributed by atoms with van der Waals surface area (Å²) < 4.78 is 1.64. The number of rotatable bonds is 5. The highest BCUT2D eigenvalue weighted by atomic mass is 32.1. The molecule has 2 aromatic heterocycles. The van der Waals surface area contributed by atoms with Gasteiger partial charge in [0.25, 0.3) is 5.56 Å². The van der Waals surface area contributed by atoms with Crippen LogP contribution in [0.2, 0.25) is 0 Å². The molecule has 0 atom stereocenters. The summed E-state index contributed by atoms with van der Waals surface area (Å²) in [4.78, 5) is 26.4. The molecule has 98 valence electrons. The Balaban J connectivity index is 2.20. The van der Waals surface area contributed by atoms with Crippen LogP contribution < -0.4 is 16.6 Å². The first-order valence-corrected chi connectivity index (χ1v) is 6.91. The van der Waals surface area contributed by atoms with Crippen molar-refractivity contribution in [3.05, 3.63) is 32.3 Å². The molecule has 2 N–H and O–H groups in total. The van der Waals surface area contributed by atoms with E-state index in [0.717, 1.165) is 17.8 Å². The van der Waals surface area contributed by atoms with Crippen molar-refractivity contribution in [2.75, 3.05) is 6.54 Å². The zero-order valence-corrected chi connectivity index (χ0v) is 11.3. The lowest BCUT2D eigenvalue weighted by molar-refractivity contribution is 0.533. The zero-order chi connectivity index (χ0) is 13.1. The number of aromatic nitrogens is 2. The van der Waals surface area contributed by atoms with Crippen LogP contribution in [0.1, 0.15) is 20.3 Å². The van der Waals surface area contributed by atoms with E-state index in [0.29, 0.717) is 18.0 Å². The molecule has 6 heteroatoms. The van der Waals surface area contributed by atoms with Gasteiger partial charge < -0.3 is 5.32 Å². The predicted molar refractivity (Wildman–Crippen MR) is 74.5 cm³/mol. The lowest BCUT2D eigenvalue weighted by atomic mass is 10.3. The lowest BCUT2D eigenvalue weighted by Gasteiger charge is -2.09. The molecule has 0 spiro atoms. The Morgan fingerprint density at radius 2 is 2.22 bits per heavy atom. The molecule has 0 unspecified atom stereocenters. The molecule has 2 heterocycles. The topological polar surface area (TPSA) is 66.9 Å². The molecule has 2 aromatic rings. The van der Waals surface area contributed by atoms with Crippen molar-refractivity contribution in [2.24, 2.45) is 0 Å². The average Bonchev–Trinajstić information content (AvgIpc) is 2.76. The molecule has 0 bridgehead atoms. The van der Waals surface area contributed by atoms with Gasteiger partial charge in [0.2, 0.25) is 0 Å². The van der Waals surface area contributed by atoms with Crippen molar-refractivity contribution in [3.63, 3.8) is 0 Å². The summed E-state index contributed by atoms with van der Waals surface area (Å²) in [5.41, 5.74) is -0.618. The fourth-order valence-corrected chi connectivity index (χ4v) is 2.76. The molecule has 18 heavy (non-hydrogen) atoms. The summed E-state index contributed by atoms with van der Waals surface area (Å²) in [7, 11) is 0. The molecular formula is C12H17N3O2S. The second-order valence-electron chi connectivity index (χ2n) is 4.51. The minimum Gasteiger partial charge on any atom is -0.314 e. The van der Waals surface area contributed by atoms with Gasteiger partial charge in [-0.05, 0) is 24.4 Å². The molecule has 0 aliphatic carbocycles. The number of thiophene rings is 1. The van der Waals surface area contributed by atoms with Gasteiger partial charge in [-0.15, -0.1) is 11.3 Å². The van der Waals surface area contributed by atoms with Gasteiger partial charge in [-0.3, -0.25) is 14.3 Å². The van der Waals surface area contributed by atoms with Crippen LogP contribution in [0, 0.1) is 0 Å². The first-order valence-electron chi connectivity index (χ1n) is 6.03. The second kappa shape index (κ2) is 5.49. The van der Waals surface area contributed by atoms with E-state index in [1.54, 1.807) is 10.6 Å². The molecule has 0 radical (unpaired) electrons. The predicted octanol–water partition coefficient (Wildman–Crippen LogP) is 1.14. The quantitative estimate of drug-likeness (QED) is 0.798. The van der Waals surface area contributed by atoms with Crippen LogP contribution in [0.5, 0.6) is 0 Å². The van der Waals surface area contributed by atoms with Crippen molar-refractivity contribution in [3.8, 4) is 0 Å². The largest absolute Gasteiger partial charge is 0.329 e. The van der Waals surface area contributed by atoms with Gasteiger partial charge in [-0.1, -0.05) is 13.8 Å². The highest BCUT2D eigenvalue weighted by Crippen LogP contribution is 2.15. The molecule has 0 amide bonds. The lowest BCUT2D eigenvalue weighted by Crippen LogP contribution is -2.31. The first kappa shape index (κ1) is 13.0. The van der Waals surface area contributed by atoms with Crippen LogP contribution in [0.25, 0.3) is 10.2 Å². The number of fused-ring (bicyclic) bond motifs is 1. The van der Waals surface area contributed by atoms with Gasteiger partial charge in [0.1, 0.15) is 4.83 Å². The molecule has 0 aliphatic rings. The Hall–Kier alpha value is -1.40. The van der Waals surface area contributed by atoms with E-state index in [-0.39, 0.29) is 11.2 Å². The van der Waals surface area contributed by atoms with Gasteiger partial charge in [0, 0.05) is 12.6 Å². The first-order chi connectivity index (χ1) is 8.59. The monoisotopic (exact) mass is 267 g/mol. The fraction of sp³-hybridized carbons (Fsp3) is 0.500. The van der Waals surface area contributed by atoms with E-state index in [2.05, 4.69) is 24.1 Å². The maximum atomic E-state index is 11.8. The Kier molecular flexibility index (Phi) is 3.98. The minimum atomic E-state index is -0.320. The Morgan fingerprint density at radius 1 is 1.44 bits per heavy atom. The Bertz CT molecular complexity index is 639. The van der Waals surface area contributed by atoms with Gasteiger partial charge in [0.05, 0.1) is 5.39 Å². The summed E-state index contributed by atoms with van der Waals surface area (Å²) in [5.74, 6) is 0. The van der Waals surface area contributed by atoms with Crippen LogP contribution >= 0.6 is 11.3 Å². The molecule has 0 saturated heterocycles. The van der Waals surface area contributed by atoms with Crippen molar-refractivity contribution in [1.29, 1.82) is 0 Å². The van der Waals surface area contributed by atoms with Crippen molar-refractivity contribution < 1.29 is 0 Å². The molecule has 5 nitrogen and oxygen atoms in total. The van der Waals surface area contributed by atoms with Gasteiger partial charge >= 0.3 is 5.69 Å². The number of nitrogens with one attached hydrogen (secondary N) is 2. The normalized spacial score (nSPS) is 11.5. The zero-order valence-electron chi connectivity index (χ0n) is 10.5. The van der Waals surface area contributed by atoms with Gasteiger partial charge in [-0.25, -0.2) is 4.79 Å².